The van der Waals surface area contributed by atoms with E-state index < -0.39 is 18.1 Å². The Morgan fingerprint density at radius 2 is 0.667 bits per heavy atom. The van der Waals surface area contributed by atoms with Crippen molar-refractivity contribution < 1.29 is 57.5 Å². The molecule has 117 heavy (non-hydrogen) atoms. The second-order valence-corrected chi connectivity index (χ2v) is 32.2. The molecule has 6 aromatic rings. The third-order valence-electron chi connectivity index (χ3n) is 23.8. The van der Waals surface area contributed by atoms with Gasteiger partial charge in [-0.3, -0.25) is 58.2 Å². The Balaban J connectivity index is 0.000000185. The van der Waals surface area contributed by atoms with Gasteiger partial charge < -0.3 is 61.2 Å². The Morgan fingerprint density at radius 1 is 0.393 bits per heavy atom. The van der Waals surface area contributed by atoms with Gasteiger partial charge in [0.2, 0.25) is 35.4 Å². The second kappa shape index (κ2) is 43.2. The Bertz CT molecular complexity index is 4110. The predicted octanol–water partition coefficient (Wildman–Crippen LogP) is 10.5. The van der Waals surface area contributed by atoms with Crippen molar-refractivity contribution in [3.63, 3.8) is 0 Å². The number of ketones is 3. The van der Waals surface area contributed by atoms with Crippen LogP contribution in [0.1, 0.15) is 189 Å². The summed E-state index contributed by atoms with van der Waals surface area (Å²) in [6.07, 6.45) is 21.8. The molecule has 0 unspecified atom stereocenters. The number of hydrogen-bond donors (Lipinski definition) is 9. The zero-order valence-corrected chi connectivity index (χ0v) is 69.4. The number of H-pyrrole nitrogens is 3. The molecule has 0 radical (unpaired) electrons. The van der Waals surface area contributed by atoms with Crippen LogP contribution in [0, 0.1) is 17.8 Å². The molecule has 6 heterocycles. The fraction of sp³-hybridized carbons (Fsp3) is 0.533. The molecule has 12 amide bonds. The number of imide groups is 3. The van der Waals surface area contributed by atoms with Crippen molar-refractivity contribution >= 4 is 104 Å². The lowest BCUT2D eigenvalue weighted by Crippen LogP contribution is -2.55. The van der Waals surface area contributed by atoms with Gasteiger partial charge in [-0.15, -0.1) is 19.7 Å². The van der Waals surface area contributed by atoms with E-state index >= 15 is 0 Å². The number of urea groups is 3. The topological polar surface area (TPSA) is 344 Å². The predicted molar refractivity (Wildman–Crippen MR) is 454 cm³/mol. The van der Waals surface area contributed by atoms with E-state index in [1.165, 1.54) is 85.0 Å². The molecule has 0 bridgehead atoms. The zero-order chi connectivity index (χ0) is 83.8. The number of fused-ring (bicyclic) bond motifs is 6. The molecule has 3 aromatic heterocycles. The van der Waals surface area contributed by atoms with Crippen LogP contribution in [0.15, 0.2) is 111 Å². The number of likely N-dealkylation sites (tertiary alicyclic amines) is 3. The van der Waals surface area contributed by atoms with Crippen molar-refractivity contribution in [2.75, 3.05) is 98.2 Å². The average Bonchev–Trinajstić information content (AvgIpc) is 1.68. The molecule has 9 atom stereocenters. The number of aromatic amines is 3. The molecule has 3 fully saturated rings. The number of carbonyl (C=O) groups is 12. The van der Waals surface area contributed by atoms with Crippen LogP contribution in [0.25, 0.3) is 32.7 Å². The third-order valence-corrected chi connectivity index (χ3v) is 23.8. The first kappa shape index (κ1) is 89.0. The van der Waals surface area contributed by atoms with E-state index in [4.69, 9.17) is 0 Å². The minimum Gasteiger partial charge on any atom is -0.361 e. The molecule has 12 rings (SSSR count). The fourth-order valence-corrected chi connectivity index (χ4v) is 18.5. The Kier molecular flexibility index (Phi) is 32.8. The van der Waals surface area contributed by atoms with Crippen LogP contribution < -0.4 is 31.9 Å². The lowest BCUT2D eigenvalue weighted by Gasteiger charge is -2.47. The van der Waals surface area contributed by atoms with Gasteiger partial charge in [0, 0.05) is 224 Å². The normalized spacial score (nSPS) is 20.2. The highest BCUT2D eigenvalue weighted by molar-refractivity contribution is 5.99. The minimum absolute atomic E-state index is 0.0676. The number of aromatic nitrogens is 3. The molecule has 0 saturated carbocycles. The standard InChI is InChI=1S/3C30H41N5O4/c3*1-4-14-34-19-22(16-24-23-10-7-11-25-28(23)21(18-33-25)17-26(24)34)29(38)35(30(39)31-5-2)15-8-13-32-27(37)12-6-9-20(3)36/h3*4,7,10-11,18,22,24,26,33H,1,5-6,8-9,12-17,19H2,2-3H3,(H,31,39)(H,32,37)/t3*22-,24-,26-/m111/s1. The first-order valence-electron chi connectivity index (χ1n) is 42.4. The van der Waals surface area contributed by atoms with E-state index in [1.807, 2.05) is 39.0 Å². The largest absolute Gasteiger partial charge is 0.361 e. The average molecular weight is 1610 g/mol. The number of carbonyl (C=O) groups excluding carboxylic acids is 12. The van der Waals surface area contributed by atoms with Crippen LogP contribution in [0.4, 0.5) is 14.4 Å². The summed E-state index contributed by atoms with van der Waals surface area (Å²) in [5, 5.41) is 20.7. The Hall–Kier alpha value is -10.4. The number of nitrogens with one attached hydrogen (secondary N) is 9. The molecule has 27 heteroatoms. The quantitative estimate of drug-likeness (QED) is 0.0130. The van der Waals surface area contributed by atoms with Crippen molar-refractivity contribution in [1.29, 1.82) is 0 Å². The number of rotatable bonds is 36. The second-order valence-electron chi connectivity index (χ2n) is 32.2. The molecule has 9 N–H and O–H groups in total. The van der Waals surface area contributed by atoms with E-state index in [0.717, 1.165) is 35.8 Å². The Labute approximate surface area is 687 Å². The first-order valence-corrected chi connectivity index (χ1v) is 42.4. The molecule has 3 aliphatic heterocycles. The van der Waals surface area contributed by atoms with Crippen molar-refractivity contribution in [2.45, 2.75) is 193 Å². The molecule has 3 aliphatic carbocycles. The molecule has 630 valence electrons. The van der Waals surface area contributed by atoms with Gasteiger partial charge in [0.15, 0.2) is 0 Å². The molecule has 3 saturated heterocycles. The highest BCUT2D eigenvalue weighted by Crippen LogP contribution is 2.49. The number of benzene rings is 3. The summed E-state index contributed by atoms with van der Waals surface area (Å²) in [6.45, 7) is 28.7. The van der Waals surface area contributed by atoms with E-state index in [1.54, 1.807) is 0 Å². The van der Waals surface area contributed by atoms with Crippen molar-refractivity contribution in [2.24, 2.45) is 17.8 Å². The van der Waals surface area contributed by atoms with Gasteiger partial charge in [-0.05, 0) is 170 Å². The maximum Gasteiger partial charge on any atom is 0.324 e. The van der Waals surface area contributed by atoms with E-state index in [2.05, 4.69) is 154 Å². The number of amides is 12. The summed E-state index contributed by atoms with van der Waals surface area (Å²) in [7, 11) is 0. The molecule has 27 nitrogen and oxygen atoms in total. The van der Waals surface area contributed by atoms with Gasteiger partial charge in [0.25, 0.3) is 0 Å². The monoisotopic (exact) mass is 1610 g/mol. The lowest BCUT2D eigenvalue weighted by molar-refractivity contribution is -0.136. The minimum atomic E-state index is -0.397. The van der Waals surface area contributed by atoms with Crippen molar-refractivity contribution in [1.82, 2.24) is 76.3 Å². The number of nitrogens with zero attached hydrogens (tertiary/aromatic N) is 6. The first-order chi connectivity index (χ1) is 56.5. The molecule has 3 aromatic carbocycles. The van der Waals surface area contributed by atoms with Gasteiger partial charge in [-0.25, -0.2) is 14.4 Å². The summed E-state index contributed by atoms with van der Waals surface area (Å²) >= 11 is 0. The molecule has 0 spiro atoms. The van der Waals surface area contributed by atoms with Crippen LogP contribution in [0.2, 0.25) is 0 Å². The highest BCUT2D eigenvalue weighted by atomic mass is 16.2. The molecular formula is C90H123N15O12. The Morgan fingerprint density at radius 3 is 0.915 bits per heavy atom. The summed E-state index contributed by atoms with van der Waals surface area (Å²) in [5.74, 6) is -1.12. The van der Waals surface area contributed by atoms with E-state index in [-0.39, 0.29) is 145 Å². The van der Waals surface area contributed by atoms with Crippen LogP contribution in [-0.4, -0.2) is 232 Å². The van der Waals surface area contributed by atoms with Gasteiger partial charge in [-0.1, -0.05) is 54.6 Å². The van der Waals surface area contributed by atoms with Gasteiger partial charge in [0.1, 0.15) is 17.3 Å². The summed E-state index contributed by atoms with van der Waals surface area (Å²) in [6, 6.07) is 18.6. The maximum absolute atomic E-state index is 13.9. The van der Waals surface area contributed by atoms with Gasteiger partial charge in [-0.2, -0.15) is 0 Å². The van der Waals surface area contributed by atoms with Crippen LogP contribution in [0.3, 0.4) is 0 Å². The summed E-state index contributed by atoms with van der Waals surface area (Å²) in [5.41, 5.74) is 11.1. The van der Waals surface area contributed by atoms with Crippen molar-refractivity contribution in [3.05, 3.63) is 145 Å². The van der Waals surface area contributed by atoms with Crippen LogP contribution in [0.5, 0.6) is 0 Å². The van der Waals surface area contributed by atoms with Crippen molar-refractivity contribution in [3.8, 4) is 0 Å². The van der Waals surface area contributed by atoms with E-state index in [0.29, 0.717) is 156 Å². The van der Waals surface area contributed by atoms with Gasteiger partial charge in [0.05, 0.1) is 17.8 Å². The summed E-state index contributed by atoms with van der Waals surface area (Å²) in [4.78, 5) is 171. The summed E-state index contributed by atoms with van der Waals surface area (Å²) < 4.78 is 0. The lowest BCUT2D eigenvalue weighted by atomic mass is 9.72. The number of Topliss-reactive ketones (excluding diaryl/α,β-unsaturated/α-hetero) is 3. The fourth-order valence-electron chi connectivity index (χ4n) is 18.5. The highest BCUT2D eigenvalue weighted by Gasteiger charge is 2.48. The number of piperidine rings is 3. The smallest absolute Gasteiger partial charge is 0.324 e. The van der Waals surface area contributed by atoms with E-state index in [9.17, 15) is 57.5 Å². The number of hydrogen-bond acceptors (Lipinski definition) is 15. The van der Waals surface area contributed by atoms with Crippen LogP contribution >= 0.6 is 0 Å². The maximum atomic E-state index is 13.9. The molecule has 6 aliphatic rings. The molecular weight excluding hydrogens is 1480 g/mol. The van der Waals surface area contributed by atoms with Crippen LogP contribution in [-0.2, 0) is 62.4 Å². The SMILES string of the molecule is C=CCN1C[C@H](C(=O)N(CCCNC(=O)CCCC(C)=O)C(=O)NCC)C[C@@H]2c3cccc4[nH]cc(c34)C[C@H]21.C=CCN1C[C@H](C(=O)N(CCCNC(=O)CCCC(C)=O)C(=O)NCC)C[C@@H]2c3cccc4[nH]cc(c34)C[C@H]21.C=CCN1C[C@H](C(=O)N(CCCNC(=O)CCCC(C)=O)C(=O)NCC)C[C@@H]2c3cccc4[nH]cc(c34)C[C@H]21. The van der Waals surface area contributed by atoms with Gasteiger partial charge >= 0.3 is 18.1 Å². The third kappa shape index (κ3) is 22.7. The zero-order valence-electron chi connectivity index (χ0n) is 69.4.